The first-order chi connectivity index (χ1) is 32.8. The second-order valence-electron chi connectivity index (χ2n) is 16.7. The van der Waals surface area contributed by atoms with Crippen molar-refractivity contribution in [3.05, 3.63) is 241 Å². The van der Waals surface area contributed by atoms with Gasteiger partial charge in [-0.15, -0.1) is 0 Å². The van der Waals surface area contributed by atoms with E-state index in [1.54, 1.807) is 12.1 Å². The molecule has 0 saturated heterocycles. The zero-order valence-electron chi connectivity index (χ0n) is 35.5. The Balaban J connectivity index is 0.945. The highest BCUT2D eigenvalue weighted by Gasteiger charge is 2.27. The van der Waals surface area contributed by atoms with Gasteiger partial charge < -0.3 is 9.47 Å². The van der Waals surface area contributed by atoms with Crippen molar-refractivity contribution in [2.45, 2.75) is 0 Å². The smallest absolute Gasteiger partial charge is 0.200 e. The lowest BCUT2D eigenvalue weighted by atomic mass is 9.92. The molecule has 0 spiro atoms. The van der Waals surface area contributed by atoms with Crippen molar-refractivity contribution < 1.29 is 22.0 Å². The Morgan fingerprint density at radius 3 is 1.18 bits per heavy atom. The van der Waals surface area contributed by atoms with E-state index in [1.807, 2.05) is 47.4 Å². The Morgan fingerprint density at radius 1 is 0.269 bits per heavy atom. The molecule has 0 bridgehead atoms. The summed E-state index contributed by atoms with van der Waals surface area (Å²) in [7, 11) is 0. The van der Waals surface area contributed by atoms with Gasteiger partial charge in [0.25, 0.3) is 0 Å². The predicted molar refractivity (Wildman–Crippen MR) is 264 cm³/mol. The van der Waals surface area contributed by atoms with Crippen LogP contribution in [0.1, 0.15) is 0 Å². The third-order valence-corrected chi connectivity index (χ3v) is 13.0. The van der Waals surface area contributed by atoms with Crippen molar-refractivity contribution >= 4 is 71.2 Å². The Bertz CT molecular complexity index is 3840. The monoisotopic (exact) mass is 878 g/mol. The van der Waals surface area contributed by atoms with E-state index < -0.39 is 34.6 Å². The molecule has 320 valence electrons. The molecule has 2 nitrogen and oxygen atoms in total. The van der Waals surface area contributed by atoms with Crippen LogP contribution in [0.25, 0.3) is 93.2 Å². The Hall–Kier alpha value is -8.55. The molecule has 0 aliphatic rings. The quantitative estimate of drug-likeness (QED) is 0.0670. The molecule has 0 atom stereocenters. The van der Waals surface area contributed by atoms with Crippen LogP contribution < -0.4 is 4.90 Å². The van der Waals surface area contributed by atoms with Gasteiger partial charge in [0.05, 0.1) is 16.6 Å². The van der Waals surface area contributed by atoms with Crippen LogP contribution in [0.3, 0.4) is 0 Å². The minimum absolute atomic E-state index is 0.150. The van der Waals surface area contributed by atoms with Crippen molar-refractivity contribution in [1.29, 1.82) is 0 Å². The number of fused-ring (bicyclic) bond motifs is 9. The topological polar surface area (TPSA) is 8.17 Å². The molecule has 0 saturated carbocycles. The van der Waals surface area contributed by atoms with Gasteiger partial charge in [-0.2, -0.15) is 0 Å². The summed E-state index contributed by atoms with van der Waals surface area (Å²) in [5, 5.41) is 9.40. The lowest BCUT2D eigenvalue weighted by molar-refractivity contribution is 0.381. The van der Waals surface area contributed by atoms with E-state index in [2.05, 4.69) is 150 Å². The number of halogens is 5. The standard InChI is InChI=1S/C60H35F5N2/c61-56-55(57(62)59(64)60(65)58(56)63)38-22-30-44(31-23-38)66(42-26-18-36(19-27-42)39-24-32-49-47-14-5-4-12-45(47)46-13-6-7-15-48(46)51(49)34-39)43-28-20-37(21-29-43)40-25-33-54-52(35-40)50-16-8-9-17-53(50)67(54)41-10-2-1-3-11-41/h1-35H. The van der Waals surface area contributed by atoms with E-state index in [0.717, 1.165) is 66.5 Å². The maximum atomic E-state index is 15.0. The van der Waals surface area contributed by atoms with Gasteiger partial charge in [-0.3, -0.25) is 0 Å². The maximum Gasteiger partial charge on any atom is 0.200 e. The van der Waals surface area contributed by atoms with Crippen LogP contribution in [0.15, 0.2) is 212 Å². The first-order valence-electron chi connectivity index (χ1n) is 21.9. The summed E-state index contributed by atoms with van der Waals surface area (Å²) in [5.74, 6) is -9.95. The molecule has 0 radical (unpaired) electrons. The molecule has 0 fully saturated rings. The van der Waals surface area contributed by atoms with Gasteiger partial charge in [0.2, 0.25) is 5.82 Å². The summed E-state index contributed by atoms with van der Waals surface area (Å²) in [6, 6.07) is 71.0. The molecule has 7 heteroatoms. The molecular weight excluding hydrogens is 844 g/mol. The molecule has 12 aromatic rings. The van der Waals surface area contributed by atoms with Gasteiger partial charge in [0, 0.05) is 33.5 Å². The molecule has 1 heterocycles. The van der Waals surface area contributed by atoms with Crippen molar-refractivity contribution in [2.75, 3.05) is 4.90 Å². The first-order valence-corrected chi connectivity index (χ1v) is 21.9. The first kappa shape index (κ1) is 40.0. The second-order valence-corrected chi connectivity index (χ2v) is 16.7. The second kappa shape index (κ2) is 15.9. The van der Waals surface area contributed by atoms with Crippen LogP contribution >= 0.6 is 0 Å². The normalized spacial score (nSPS) is 11.7. The summed E-state index contributed by atoms with van der Waals surface area (Å²) in [6.45, 7) is 0. The van der Waals surface area contributed by atoms with Gasteiger partial charge in [-0.1, -0.05) is 140 Å². The van der Waals surface area contributed by atoms with Crippen LogP contribution in [-0.2, 0) is 0 Å². The molecule has 1 aromatic heterocycles. The average Bonchev–Trinajstić information content (AvgIpc) is 3.72. The molecule has 0 amide bonds. The number of hydrogen-bond acceptors (Lipinski definition) is 1. The van der Waals surface area contributed by atoms with Crippen LogP contribution in [-0.4, -0.2) is 4.57 Å². The van der Waals surface area contributed by atoms with E-state index in [1.165, 1.54) is 39.1 Å². The van der Waals surface area contributed by atoms with Gasteiger partial charge in [-0.25, -0.2) is 22.0 Å². The fourth-order valence-corrected chi connectivity index (χ4v) is 9.78. The van der Waals surface area contributed by atoms with Crippen LogP contribution in [0.5, 0.6) is 0 Å². The molecule has 0 aliphatic heterocycles. The minimum Gasteiger partial charge on any atom is -0.311 e. The number of benzene rings is 11. The molecule has 0 unspecified atom stereocenters. The predicted octanol–water partition coefficient (Wildman–Crippen LogP) is 17.4. The average molecular weight is 879 g/mol. The Labute approximate surface area is 381 Å². The van der Waals surface area contributed by atoms with Gasteiger partial charge >= 0.3 is 0 Å². The fourth-order valence-electron chi connectivity index (χ4n) is 9.78. The van der Waals surface area contributed by atoms with E-state index in [4.69, 9.17) is 0 Å². The highest BCUT2D eigenvalue weighted by atomic mass is 19.2. The summed E-state index contributed by atoms with van der Waals surface area (Å²) >= 11 is 0. The summed E-state index contributed by atoms with van der Waals surface area (Å²) in [5.41, 5.74) is 8.42. The number of hydrogen-bond donors (Lipinski definition) is 0. The van der Waals surface area contributed by atoms with Gasteiger partial charge in [0.15, 0.2) is 23.3 Å². The lowest BCUT2D eigenvalue weighted by Gasteiger charge is -2.26. The number of rotatable bonds is 7. The third-order valence-electron chi connectivity index (χ3n) is 13.0. The van der Waals surface area contributed by atoms with Crippen molar-refractivity contribution in [3.63, 3.8) is 0 Å². The maximum absolute atomic E-state index is 15.0. The molecular formula is C60H35F5N2. The van der Waals surface area contributed by atoms with E-state index >= 15 is 0 Å². The molecule has 12 rings (SSSR count). The van der Waals surface area contributed by atoms with Crippen LogP contribution in [0, 0.1) is 29.1 Å². The highest BCUT2D eigenvalue weighted by molar-refractivity contribution is 6.25. The summed E-state index contributed by atoms with van der Waals surface area (Å²) < 4.78 is 74.8. The zero-order valence-corrected chi connectivity index (χ0v) is 35.5. The molecule has 0 aliphatic carbocycles. The largest absolute Gasteiger partial charge is 0.311 e. The number of para-hydroxylation sites is 2. The van der Waals surface area contributed by atoms with Gasteiger partial charge in [0.1, 0.15) is 0 Å². The SMILES string of the molecule is Fc1c(F)c(F)c(-c2ccc(N(c3ccc(-c4ccc5c6ccccc6c6ccccc6c5c4)cc3)c3ccc(-c4ccc5c(c4)c4ccccc4n5-c4ccccc4)cc3)cc2)c(F)c1F. The molecule has 0 N–H and O–H groups in total. The number of aromatic nitrogens is 1. The van der Waals surface area contributed by atoms with Crippen LogP contribution in [0.2, 0.25) is 0 Å². The highest BCUT2D eigenvalue weighted by Crippen LogP contribution is 2.42. The summed E-state index contributed by atoms with van der Waals surface area (Å²) in [6.07, 6.45) is 0. The van der Waals surface area contributed by atoms with Crippen molar-refractivity contribution in [2.24, 2.45) is 0 Å². The van der Waals surface area contributed by atoms with E-state index in [0.29, 0.717) is 5.69 Å². The van der Waals surface area contributed by atoms with E-state index in [-0.39, 0.29) is 5.56 Å². The zero-order chi connectivity index (χ0) is 45.3. The Kier molecular flexibility index (Phi) is 9.47. The van der Waals surface area contributed by atoms with Crippen molar-refractivity contribution in [1.82, 2.24) is 4.57 Å². The van der Waals surface area contributed by atoms with Gasteiger partial charge in [-0.05, 0) is 133 Å². The lowest BCUT2D eigenvalue weighted by Crippen LogP contribution is -2.10. The molecule has 67 heavy (non-hydrogen) atoms. The van der Waals surface area contributed by atoms with E-state index in [9.17, 15) is 22.0 Å². The molecule has 11 aromatic carbocycles. The van der Waals surface area contributed by atoms with Crippen LogP contribution in [0.4, 0.5) is 39.0 Å². The summed E-state index contributed by atoms with van der Waals surface area (Å²) in [4.78, 5) is 1.99. The number of nitrogens with zero attached hydrogens (tertiary/aromatic N) is 2. The third kappa shape index (κ3) is 6.53. The number of anilines is 3. The minimum atomic E-state index is -2.20. The Morgan fingerprint density at radius 2 is 0.642 bits per heavy atom. The van der Waals surface area contributed by atoms with Crippen molar-refractivity contribution in [3.8, 4) is 39.1 Å². The fraction of sp³-hybridized carbons (Fsp3) is 0.